The van der Waals surface area contributed by atoms with Gasteiger partial charge in [-0.2, -0.15) is 0 Å². The van der Waals surface area contributed by atoms with E-state index in [9.17, 15) is 9.59 Å². The van der Waals surface area contributed by atoms with E-state index < -0.39 is 0 Å². The maximum absolute atomic E-state index is 12.7. The Morgan fingerprint density at radius 3 is 2.77 bits per heavy atom. The number of aryl methyl sites for hydroxylation is 2. The first-order chi connectivity index (χ1) is 12.6. The second kappa shape index (κ2) is 6.79. The summed E-state index contributed by atoms with van der Waals surface area (Å²) in [5, 5.41) is 3.01. The molecule has 0 aromatic heterocycles. The van der Waals surface area contributed by atoms with Crippen LogP contribution in [0.25, 0.3) is 6.08 Å². The molecule has 0 unspecified atom stereocenters. The van der Waals surface area contributed by atoms with Gasteiger partial charge in [-0.15, -0.1) is 0 Å². The number of carbonyl (C=O) groups excluding carboxylic acids is 2. The quantitative estimate of drug-likeness (QED) is 0.910. The van der Waals surface area contributed by atoms with Crippen molar-refractivity contribution in [2.24, 2.45) is 0 Å². The molecular formula is C22H22N2O2. The van der Waals surface area contributed by atoms with Crippen molar-refractivity contribution in [3.63, 3.8) is 0 Å². The van der Waals surface area contributed by atoms with Crippen LogP contribution in [0.4, 0.5) is 5.69 Å². The molecule has 2 aromatic rings. The average molecular weight is 346 g/mol. The van der Waals surface area contributed by atoms with Gasteiger partial charge in [-0.3, -0.25) is 9.59 Å². The zero-order valence-corrected chi connectivity index (χ0v) is 14.9. The van der Waals surface area contributed by atoms with Gasteiger partial charge in [0.05, 0.1) is 12.5 Å². The molecule has 0 fully saturated rings. The molecular weight excluding hydrogens is 324 g/mol. The summed E-state index contributed by atoms with van der Waals surface area (Å²) in [6, 6.07) is 13.8. The summed E-state index contributed by atoms with van der Waals surface area (Å²) in [7, 11) is 0. The number of nitrogens with one attached hydrogen (secondary N) is 1. The summed E-state index contributed by atoms with van der Waals surface area (Å²) in [6.07, 6.45) is 7.33. The predicted molar refractivity (Wildman–Crippen MR) is 102 cm³/mol. The first-order valence-corrected chi connectivity index (χ1v) is 9.09. The number of nitrogens with zero attached hydrogens (tertiary/aromatic N) is 1. The molecule has 0 bridgehead atoms. The van der Waals surface area contributed by atoms with Gasteiger partial charge >= 0.3 is 0 Å². The van der Waals surface area contributed by atoms with Crippen LogP contribution >= 0.6 is 0 Å². The lowest BCUT2D eigenvalue weighted by atomic mass is 9.93. The highest BCUT2D eigenvalue weighted by Crippen LogP contribution is 2.33. The van der Waals surface area contributed by atoms with Crippen LogP contribution in [0.15, 0.2) is 48.7 Å². The van der Waals surface area contributed by atoms with E-state index in [0.717, 1.165) is 29.7 Å². The fourth-order valence-electron chi connectivity index (χ4n) is 3.95. The molecule has 132 valence electrons. The molecule has 0 saturated carbocycles. The standard InChI is InChI=1S/C22H22N2O2/c1-15(25)24-12-11-17-5-2-3-8-20(17)21(24)14-22(26)23-19-10-9-16-6-4-7-18(16)13-19/h2-3,5,8-13,21H,4,6-7,14H2,1H3,(H,23,26)/t21-/m0/s1. The number of rotatable bonds is 3. The Kier molecular flexibility index (Phi) is 4.33. The highest BCUT2D eigenvalue weighted by atomic mass is 16.2. The van der Waals surface area contributed by atoms with E-state index in [1.165, 1.54) is 24.5 Å². The Balaban J connectivity index is 1.53. The van der Waals surface area contributed by atoms with Gasteiger partial charge in [-0.25, -0.2) is 0 Å². The monoisotopic (exact) mass is 346 g/mol. The van der Waals surface area contributed by atoms with Gasteiger partial charge in [-0.1, -0.05) is 30.3 Å². The molecule has 2 amide bonds. The minimum atomic E-state index is -0.275. The zero-order valence-electron chi connectivity index (χ0n) is 14.9. The van der Waals surface area contributed by atoms with Crippen LogP contribution in [0.5, 0.6) is 0 Å². The van der Waals surface area contributed by atoms with E-state index in [4.69, 9.17) is 0 Å². The number of amides is 2. The number of hydrogen-bond acceptors (Lipinski definition) is 2. The van der Waals surface area contributed by atoms with Gasteiger partial charge in [0, 0.05) is 18.8 Å². The molecule has 4 nitrogen and oxygen atoms in total. The van der Waals surface area contributed by atoms with Crippen LogP contribution in [0, 0.1) is 0 Å². The van der Waals surface area contributed by atoms with Crippen molar-refractivity contribution >= 4 is 23.6 Å². The first kappa shape index (κ1) is 16.6. The SMILES string of the molecule is CC(=O)N1C=Cc2ccccc2[C@@H]1CC(=O)Nc1ccc2c(c1)CCC2. The second-order valence-electron chi connectivity index (χ2n) is 6.98. The second-order valence-corrected chi connectivity index (χ2v) is 6.98. The third-order valence-corrected chi connectivity index (χ3v) is 5.23. The maximum atomic E-state index is 12.7. The normalized spacial score (nSPS) is 17.6. The number of hydrogen-bond donors (Lipinski definition) is 1. The summed E-state index contributed by atoms with van der Waals surface area (Å²) < 4.78 is 0. The molecule has 1 N–H and O–H groups in total. The van der Waals surface area contributed by atoms with Crippen molar-refractivity contribution in [1.82, 2.24) is 4.90 Å². The molecule has 26 heavy (non-hydrogen) atoms. The van der Waals surface area contributed by atoms with Gasteiger partial charge in [0.25, 0.3) is 0 Å². The Bertz CT molecular complexity index is 901. The summed E-state index contributed by atoms with van der Waals surface area (Å²) in [4.78, 5) is 26.4. The third kappa shape index (κ3) is 3.15. The predicted octanol–water partition coefficient (Wildman–Crippen LogP) is 4.08. The van der Waals surface area contributed by atoms with Crippen LogP contribution in [0.3, 0.4) is 0 Å². The van der Waals surface area contributed by atoms with Gasteiger partial charge in [-0.05, 0) is 59.7 Å². The Hall–Kier alpha value is -2.88. The van der Waals surface area contributed by atoms with Crippen molar-refractivity contribution < 1.29 is 9.59 Å². The Labute approximate surface area is 153 Å². The first-order valence-electron chi connectivity index (χ1n) is 9.09. The molecule has 4 heteroatoms. The fourth-order valence-corrected chi connectivity index (χ4v) is 3.95. The maximum Gasteiger partial charge on any atom is 0.226 e. The summed E-state index contributed by atoms with van der Waals surface area (Å²) >= 11 is 0. The van der Waals surface area contributed by atoms with E-state index in [1.54, 1.807) is 11.1 Å². The van der Waals surface area contributed by atoms with Crippen molar-refractivity contribution in [2.75, 3.05) is 5.32 Å². The lowest BCUT2D eigenvalue weighted by molar-refractivity contribution is -0.129. The van der Waals surface area contributed by atoms with E-state index in [0.29, 0.717) is 0 Å². The van der Waals surface area contributed by atoms with E-state index >= 15 is 0 Å². The highest BCUT2D eigenvalue weighted by Gasteiger charge is 2.28. The minimum absolute atomic E-state index is 0.0638. The highest BCUT2D eigenvalue weighted by molar-refractivity contribution is 5.92. The number of carbonyl (C=O) groups is 2. The van der Waals surface area contributed by atoms with Crippen molar-refractivity contribution in [2.45, 2.75) is 38.6 Å². The van der Waals surface area contributed by atoms with Crippen LogP contribution in [0.2, 0.25) is 0 Å². The Morgan fingerprint density at radius 2 is 1.92 bits per heavy atom. The van der Waals surface area contributed by atoms with Crippen molar-refractivity contribution in [1.29, 1.82) is 0 Å². The number of anilines is 1. The van der Waals surface area contributed by atoms with Crippen LogP contribution < -0.4 is 5.32 Å². The van der Waals surface area contributed by atoms with Crippen LogP contribution in [-0.2, 0) is 22.4 Å². The van der Waals surface area contributed by atoms with Crippen LogP contribution in [-0.4, -0.2) is 16.7 Å². The van der Waals surface area contributed by atoms with E-state index in [2.05, 4.69) is 17.4 Å². The molecule has 1 atom stereocenters. The van der Waals surface area contributed by atoms with Crippen molar-refractivity contribution in [3.05, 3.63) is 70.9 Å². The van der Waals surface area contributed by atoms with Crippen LogP contribution in [0.1, 0.15) is 48.1 Å². The molecule has 1 aliphatic carbocycles. The van der Waals surface area contributed by atoms with Gasteiger partial charge < -0.3 is 10.2 Å². The molecule has 2 aliphatic rings. The lowest BCUT2D eigenvalue weighted by Crippen LogP contribution is -2.33. The molecule has 1 heterocycles. The molecule has 2 aromatic carbocycles. The smallest absolute Gasteiger partial charge is 0.226 e. The summed E-state index contributed by atoms with van der Waals surface area (Å²) in [5.74, 6) is -0.143. The molecule has 0 radical (unpaired) electrons. The molecule has 0 spiro atoms. The molecule has 1 aliphatic heterocycles. The number of fused-ring (bicyclic) bond motifs is 2. The zero-order chi connectivity index (χ0) is 18.1. The van der Waals surface area contributed by atoms with Gasteiger partial charge in [0.15, 0.2) is 0 Å². The topological polar surface area (TPSA) is 49.4 Å². The molecule has 0 saturated heterocycles. The lowest BCUT2D eigenvalue weighted by Gasteiger charge is -2.32. The van der Waals surface area contributed by atoms with Gasteiger partial charge in [0.2, 0.25) is 11.8 Å². The number of benzene rings is 2. The fraction of sp³-hybridized carbons (Fsp3) is 0.273. The van der Waals surface area contributed by atoms with E-state index in [-0.39, 0.29) is 24.3 Å². The molecule has 4 rings (SSSR count). The average Bonchev–Trinajstić information content (AvgIpc) is 3.09. The summed E-state index contributed by atoms with van der Waals surface area (Å²) in [5.41, 5.74) is 5.62. The minimum Gasteiger partial charge on any atom is -0.326 e. The Morgan fingerprint density at radius 1 is 1.12 bits per heavy atom. The summed E-state index contributed by atoms with van der Waals surface area (Å²) in [6.45, 7) is 1.53. The third-order valence-electron chi connectivity index (χ3n) is 5.23. The van der Waals surface area contributed by atoms with E-state index in [1.807, 2.05) is 36.4 Å². The van der Waals surface area contributed by atoms with Crippen molar-refractivity contribution in [3.8, 4) is 0 Å². The van der Waals surface area contributed by atoms with Gasteiger partial charge in [0.1, 0.15) is 0 Å². The largest absolute Gasteiger partial charge is 0.326 e.